The molecule has 46 heavy (non-hydrogen) atoms. The first kappa shape index (κ1) is 30.0. The third-order valence-corrected chi connectivity index (χ3v) is 9.05. The SMILES string of the molecule is COc1ccc(CN(Cc2cn3cc(C4CC4)cc(Br)c3n2)c2ncc(C(C)=O)c(NC(=O)[C@H]3C[C@@H]3c3nccc(C)n3)n2)cc1. The van der Waals surface area contributed by atoms with Gasteiger partial charge in [-0.1, -0.05) is 12.1 Å². The second kappa shape index (κ2) is 12.2. The molecule has 4 aromatic heterocycles. The van der Waals surface area contributed by atoms with Gasteiger partial charge in [-0.05, 0) is 90.4 Å². The summed E-state index contributed by atoms with van der Waals surface area (Å²) < 4.78 is 8.36. The number of fused-ring (bicyclic) bond motifs is 1. The van der Waals surface area contributed by atoms with Crippen molar-refractivity contribution in [1.29, 1.82) is 0 Å². The first-order valence-corrected chi connectivity index (χ1v) is 16.1. The molecular weight excluding hydrogens is 648 g/mol. The average Bonchev–Trinajstić information content (AvgIpc) is 3.98. The fourth-order valence-electron chi connectivity index (χ4n) is 5.69. The highest BCUT2D eigenvalue weighted by Gasteiger charge is 2.46. The van der Waals surface area contributed by atoms with E-state index in [1.54, 1.807) is 13.3 Å². The summed E-state index contributed by atoms with van der Waals surface area (Å²) in [5.74, 6) is 1.74. The Kier molecular flexibility index (Phi) is 7.97. The number of benzene rings is 1. The van der Waals surface area contributed by atoms with Crippen molar-refractivity contribution in [1.82, 2.24) is 29.3 Å². The zero-order chi connectivity index (χ0) is 31.9. The number of aromatic nitrogens is 6. The van der Waals surface area contributed by atoms with Crippen molar-refractivity contribution in [2.45, 2.75) is 58.0 Å². The van der Waals surface area contributed by atoms with E-state index in [4.69, 9.17) is 14.7 Å². The maximum absolute atomic E-state index is 13.4. The van der Waals surface area contributed by atoms with E-state index in [9.17, 15) is 9.59 Å². The van der Waals surface area contributed by atoms with Crippen LogP contribution >= 0.6 is 15.9 Å². The number of anilines is 2. The van der Waals surface area contributed by atoms with Crippen LogP contribution in [0.15, 0.2) is 65.7 Å². The number of hydrogen-bond donors (Lipinski definition) is 1. The van der Waals surface area contributed by atoms with Gasteiger partial charge < -0.3 is 19.4 Å². The van der Waals surface area contributed by atoms with E-state index in [-0.39, 0.29) is 34.9 Å². The molecule has 0 unspecified atom stereocenters. The number of Topliss-reactive ketones (excluding diaryl/α,β-unsaturated/α-hetero) is 1. The number of carbonyl (C=O) groups excluding carboxylic acids is 2. The summed E-state index contributed by atoms with van der Waals surface area (Å²) in [6, 6.07) is 11.8. The minimum atomic E-state index is -0.299. The molecule has 0 saturated heterocycles. The maximum atomic E-state index is 13.4. The third-order valence-electron chi connectivity index (χ3n) is 8.46. The number of pyridine rings is 1. The highest BCUT2D eigenvalue weighted by atomic mass is 79.9. The number of rotatable bonds is 11. The predicted molar refractivity (Wildman–Crippen MR) is 176 cm³/mol. The number of imidazole rings is 1. The summed E-state index contributed by atoms with van der Waals surface area (Å²) in [4.78, 5) is 51.1. The second-order valence-electron chi connectivity index (χ2n) is 12.0. The molecule has 1 N–H and O–H groups in total. The van der Waals surface area contributed by atoms with E-state index in [2.05, 4.69) is 52.9 Å². The molecule has 2 aliphatic carbocycles. The van der Waals surface area contributed by atoms with Crippen LogP contribution in [0.4, 0.5) is 11.8 Å². The van der Waals surface area contributed by atoms with E-state index in [0.29, 0.717) is 37.2 Å². The molecule has 0 aliphatic heterocycles. The van der Waals surface area contributed by atoms with Crippen molar-refractivity contribution < 1.29 is 14.3 Å². The van der Waals surface area contributed by atoms with Crippen LogP contribution in [0.25, 0.3) is 5.65 Å². The van der Waals surface area contributed by atoms with Gasteiger partial charge >= 0.3 is 0 Å². The van der Waals surface area contributed by atoms with Gasteiger partial charge in [-0.2, -0.15) is 4.98 Å². The lowest BCUT2D eigenvalue weighted by Crippen LogP contribution is -2.26. The van der Waals surface area contributed by atoms with Gasteiger partial charge in [0.2, 0.25) is 11.9 Å². The first-order valence-electron chi connectivity index (χ1n) is 15.3. The van der Waals surface area contributed by atoms with Gasteiger partial charge in [0.05, 0.1) is 29.4 Å². The highest BCUT2D eigenvalue weighted by molar-refractivity contribution is 9.10. The normalized spacial score (nSPS) is 17.1. The summed E-state index contributed by atoms with van der Waals surface area (Å²) in [7, 11) is 1.63. The first-order chi connectivity index (χ1) is 22.2. The molecule has 234 valence electrons. The van der Waals surface area contributed by atoms with Gasteiger partial charge in [-0.15, -0.1) is 0 Å². The summed E-state index contributed by atoms with van der Waals surface area (Å²) in [6.45, 7) is 4.18. The largest absolute Gasteiger partial charge is 0.497 e. The molecular formula is C34H33BrN8O3. The lowest BCUT2D eigenvalue weighted by molar-refractivity contribution is -0.117. The molecule has 2 fully saturated rings. The van der Waals surface area contributed by atoms with Crippen molar-refractivity contribution in [3.63, 3.8) is 0 Å². The van der Waals surface area contributed by atoms with Crippen molar-refractivity contribution in [3.8, 4) is 5.75 Å². The Balaban J connectivity index is 1.19. The number of methoxy groups -OCH3 is 1. The van der Waals surface area contributed by atoms with Crippen LogP contribution in [0.5, 0.6) is 5.75 Å². The average molecular weight is 682 g/mol. The second-order valence-corrected chi connectivity index (χ2v) is 12.9. The minimum absolute atomic E-state index is 0.0663. The molecule has 7 rings (SSSR count). The van der Waals surface area contributed by atoms with E-state index >= 15 is 0 Å². The molecule has 4 heterocycles. The number of amides is 1. The molecule has 0 radical (unpaired) electrons. The van der Waals surface area contributed by atoms with Crippen molar-refractivity contribution in [2.24, 2.45) is 5.92 Å². The zero-order valence-corrected chi connectivity index (χ0v) is 27.4. The summed E-state index contributed by atoms with van der Waals surface area (Å²) in [5, 5.41) is 2.92. The summed E-state index contributed by atoms with van der Waals surface area (Å²) in [5.41, 5.74) is 5.06. The topological polar surface area (TPSA) is 128 Å². The molecule has 1 aromatic carbocycles. The van der Waals surface area contributed by atoms with Crippen LogP contribution in [0, 0.1) is 12.8 Å². The standard InChI is InChI=1S/C34H33BrN8O3/c1-19-10-11-36-30(38-19)26-13-27(26)33(45)40-31-28(20(2)44)14-37-34(41-31)43(15-21-4-8-25(46-3)9-5-21)18-24-17-42-16-23(22-6-7-22)12-29(35)32(42)39-24/h4-5,8-12,14,16-17,22,26-27H,6-7,13,15,18H2,1-3H3,(H,37,40,41,45)/t26-,27-/m0/s1. The van der Waals surface area contributed by atoms with Crippen LogP contribution in [-0.4, -0.2) is 48.1 Å². The summed E-state index contributed by atoms with van der Waals surface area (Å²) >= 11 is 3.72. The number of nitrogens with one attached hydrogen (secondary N) is 1. The maximum Gasteiger partial charge on any atom is 0.229 e. The van der Waals surface area contributed by atoms with E-state index < -0.39 is 0 Å². The Hall–Kier alpha value is -4.71. The number of carbonyl (C=O) groups is 2. The van der Waals surface area contributed by atoms with Gasteiger partial charge in [-0.3, -0.25) is 9.59 Å². The number of aryl methyl sites for hydroxylation is 1. The fourth-order valence-corrected chi connectivity index (χ4v) is 6.25. The Morgan fingerprint density at radius 1 is 1.07 bits per heavy atom. The van der Waals surface area contributed by atoms with Crippen LogP contribution in [-0.2, 0) is 17.9 Å². The minimum Gasteiger partial charge on any atom is -0.497 e. The smallest absolute Gasteiger partial charge is 0.229 e. The van der Waals surface area contributed by atoms with Crippen molar-refractivity contribution in [3.05, 3.63) is 99.6 Å². The Labute approximate surface area is 274 Å². The molecule has 0 bridgehead atoms. The van der Waals surface area contributed by atoms with Crippen molar-refractivity contribution >= 4 is 45.0 Å². The Bertz CT molecular complexity index is 1960. The van der Waals surface area contributed by atoms with E-state index in [1.807, 2.05) is 48.4 Å². The summed E-state index contributed by atoms with van der Waals surface area (Å²) in [6.07, 6.45) is 10.4. The van der Waals surface area contributed by atoms with Crippen molar-refractivity contribution in [2.75, 3.05) is 17.3 Å². The molecule has 2 aliphatic rings. The fraction of sp³-hybridized carbons (Fsp3) is 0.324. The molecule has 11 nitrogen and oxygen atoms in total. The molecule has 1 amide bonds. The monoisotopic (exact) mass is 680 g/mol. The third kappa shape index (κ3) is 6.34. The molecule has 0 spiro atoms. The van der Waals surface area contributed by atoms with Crippen LogP contribution in [0.3, 0.4) is 0 Å². The number of nitrogens with zero attached hydrogens (tertiary/aromatic N) is 7. The van der Waals surface area contributed by atoms with Crippen LogP contribution < -0.4 is 15.0 Å². The van der Waals surface area contributed by atoms with Crippen LogP contribution in [0.1, 0.15) is 76.7 Å². The molecule has 12 heteroatoms. The number of ether oxygens (including phenoxy) is 1. The van der Waals surface area contributed by atoms with Gasteiger partial charge in [-0.25, -0.2) is 19.9 Å². The van der Waals surface area contributed by atoms with E-state index in [0.717, 1.165) is 32.8 Å². The molecule has 2 saturated carbocycles. The quantitative estimate of drug-likeness (QED) is 0.167. The van der Waals surface area contributed by atoms with Gasteiger partial charge in [0.1, 0.15) is 17.4 Å². The number of ketones is 1. The van der Waals surface area contributed by atoms with Crippen LogP contribution in [0.2, 0.25) is 0 Å². The van der Waals surface area contributed by atoms with Gasteiger partial charge in [0.25, 0.3) is 0 Å². The number of halogens is 1. The molecule has 2 atom stereocenters. The predicted octanol–water partition coefficient (Wildman–Crippen LogP) is 6.02. The Morgan fingerprint density at radius 3 is 2.59 bits per heavy atom. The lowest BCUT2D eigenvalue weighted by Gasteiger charge is -2.23. The number of hydrogen-bond acceptors (Lipinski definition) is 9. The van der Waals surface area contributed by atoms with Gasteiger partial charge in [0, 0.05) is 48.9 Å². The highest BCUT2D eigenvalue weighted by Crippen LogP contribution is 2.46. The zero-order valence-electron chi connectivity index (χ0n) is 25.8. The van der Waals surface area contributed by atoms with Gasteiger partial charge in [0.15, 0.2) is 11.4 Å². The van der Waals surface area contributed by atoms with E-state index in [1.165, 1.54) is 31.5 Å². The molecule has 5 aromatic rings. The lowest BCUT2D eigenvalue weighted by atomic mass is 10.2. The Morgan fingerprint density at radius 2 is 1.87 bits per heavy atom.